The van der Waals surface area contributed by atoms with E-state index in [4.69, 9.17) is 0 Å². The Kier molecular flexibility index (Phi) is 7.50. The first-order chi connectivity index (χ1) is 14.2. The molecule has 6 N–H and O–H groups in total. The van der Waals surface area contributed by atoms with E-state index >= 15 is 0 Å². The summed E-state index contributed by atoms with van der Waals surface area (Å²) in [6, 6.07) is 1.74. The molecule has 11 heteroatoms. The third-order valence-corrected chi connectivity index (χ3v) is 5.27. The van der Waals surface area contributed by atoms with Crippen molar-refractivity contribution >= 4 is 11.7 Å². The molecular weight excluding hydrogens is 404 g/mol. The molecule has 7 nitrogen and oxygen atoms in total. The Bertz CT molecular complexity index is 725. The molecule has 2 fully saturated rings. The van der Waals surface area contributed by atoms with Gasteiger partial charge < -0.3 is 21.3 Å². The first kappa shape index (κ1) is 22.7. The fourth-order valence-electron chi connectivity index (χ4n) is 3.77. The second-order valence-corrected chi connectivity index (χ2v) is 7.87. The molecule has 4 unspecified atom stereocenters. The van der Waals surface area contributed by atoms with Crippen molar-refractivity contribution in [2.24, 2.45) is 5.92 Å². The van der Waals surface area contributed by atoms with Gasteiger partial charge in [-0.3, -0.25) is 10.6 Å². The molecule has 0 saturated carbocycles. The van der Waals surface area contributed by atoms with E-state index in [2.05, 4.69) is 31.9 Å². The molecule has 2 amide bonds. The molecule has 4 atom stereocenters. The van der Waals surface area contributed by atoms with E-state index < -0.39 is 29.9 Å². The van der Waals surface area contributed by atoms with E-state index in [0.717, 1.165) is 38.5 Å². The minimum Gasteiger partial charge on any atom is -0.316 e. The molecule has 3 rings (SSSR count). The fraction of sp³-hybridized carbons (Fsp3) is 0.632. The van der Waals surface area contributed by atoms with Crippen LogP contribution < -0.4 is 31.9 Å². The molecule has 0 aliphatic carbocycles. The number of amides is 2. The molecule has 168 valence electrons. The number of carbonyl (C=O) groups excluding carboxylic acids is 1. The van der Waals surface area contributed by atoms with E-state index in [1.807, 2.05) is 6.92 Å². The van der Waals surface area contributed by atoms with Crippen molar-refractivity contribution in [3.63, 3.8) is 0 Å². The van der Waals surface area contributed by atoms with E-state index in [9.17, 15) is 22.4 Å². The monoisotopic (exact) mass is 432 g/mol. The molecule has 0 radical (unpaired) electrons. The van der Waals surface area contributed by atoms with Crippen molar-refractivity contribution < 1.29 is 22.4 Å². The standard InChI is InChI=1S/C19H28F4N6O/c1-11-7-16(25-10-12-3-2-6-24-9-12)28-17(26-11)29-18(30)27-13-4-5-15(20)14(8-13)19(21,22)23/h4-5,8,11-12,16-17,24-26,28H,2-3,6-7,9-10H2,1H3,(H2,27,29,30). The van der Waals surface area contributed by atoms with Crippen molar-refractivity contribution in [2.75, 3.05) is 25.0 Å². The average Bonchev–Trinajstić information content (AvgIpc) is 2.67. The van der Waals surface area contributed by atoms with Crippen LogP contribution in [-0.2, 0) is 6.18 Å². The Hall–Kier alpha value is -1.95. The van der Waals surface area contributed by atoms with Crippen LogP contribution in [0.2, 0.25) is 0 Å². The summed E-state index contributed by atoms with van der Waals surface area (Å²) in [7, 11) is 0. The number of piperidine rings is 1. The normalized spacial score (nSPS) is 27.5. The van der Waals surface area contributed by atoms with Gasteiger partial charge in [-0.05, 0) is 63.4 Å². The minimum atomic E-state index is -4.84. The quantitative estimate of drug-likeness (QED) is 0.402. The summed E-state index contributed by atoms with van der Waals surface area (Å²) < 4.78 is 51.9. The zero-order valence-electron chi connectivity index (χ0n) is 16.7. The van der Waals surface area contributed by atoms with E-state index in [1.165, 1.54) is 6.42 Å². The number of urea groups is 1. The summed E-state index contributed by atoms with van der Waals surface area (Å²) in [5, 5.41) is 18.2. The van der Waals surface area contributed by atoms with Crippen LogP contribution in [0.15, 0.2) is 18.2 Å². The number of alkyl halides is 3. The smallest absolute Gasteiger partial charge is 0.316 e. The molecule has 1 aromatic rings. The van der Waals surface area contributed by atoms with E-state index in [-0.39, 0.29) is 17.9 Å². The highest BCUT2D eigenvalue weighted by atomic mass is 19.4. The van der Waals surface area contributed by atoms with Gasteiger partial charge in [0.15, 0.2) is 0 Å². The average molecular weight is 432 g/mol. The van der Waals surface area contributed by atoms with Gasteiger partial charge in [0.1, 0.15) is 12.1 Å². The summed E-state index contributed by atoms with van der Waals surface area (Å²) >= 11 is 0. The first-order valence-corrected chi connectivity index (χ1v) is 10.1. The van der Waals surface area contributed by atoms with Gasteiger partial charge in [0.05, 0.1) is 11.7 Å². The van der Waals surface area contributed by atoms with E-state index in [0.29, 0.717) is 18.1 Å². The number of rotatable bonds is 5. The Morgan fingerprint density at radius 3 is 2.77 bits per heavy atom. The number of benzene rings is 1. The highest BCUT2D eigenvalue weighted by Crippen LogP contribution is 2.32. The summed E-state index contributed by atoms with van der Waals surface area (Å²) in [5.41, 5.74) is -1.58. The molecule has 2 aliphatic heterocycles. The second-order valence-electron chi connectivity index (χ2n) is 7.87. The maximum Gasteiger partial charge on any atom is 0.419 e. The van der Waals surface area contributed by atoms with Crippen molar-refractivity contribution in [1.82, 2.24) is 26.6 Å². The zero-order valence-corrected chi connectivity index (χ0v) is 16.7. The number of nitrogens with one attached hydrogen (secondary N) is 6. The van der Waals surface area contributed by atoms with Gasteiger partial charge in [-0.1, -0.05) is 0 Å². The number of hydrogen-bond donors (Lipinski definition) is 6. The lowest BCUT2D eigenvalue weighted by atomic mass is 9.99. The molecule has 2 heterocycles. The Labute approximate surface area is 172 Å². The SMILES string of the molecule is CC1CC(NCC2CCCNC2)NC(NC(=O)Nc2ccc(F)c(C(F)(F)F)c2)N1. The van der Waals surface area contributed by atoms with Crippen LogP contribution in [0.25, 0.3) is 0 Å². The second kappa shape index (κ2) is 9.90. The van der Waals surface area contributed by atoms with Crippen LogP contribution in [-0.4, -0.2) is 44.2 Å². The molecule has 30 heavy (non-hydrogen) atoms. The van der Waals surface area contributed by atoms with Gasteiger partial charge >= 0.3 is 12.2 Å². The van der Waals surface area contributed by atoms with Crippen molar-refractivity contribution in [1.29, 1.82) is 0 Å². The van der Waals surface area contributed by atoms with Crippen LogP contribution in [0.3, 0.4) is 0 Å². The molecule has 0 spiro atoms. The lowest BCUT2D eigenvalue weighted by Crippen LogP contribution is -2.68. The summed E-state index contributed by atoms with van der Waals surface area (Å²) in [6.07, 6.45) is -2.29. The van der Waals surface area contributed by atoms with Gasteiger partial charge in [-0.15, -0.1) is 0 Å². The lowest BCUT2D eigenvalue weighted by Gasteiger charge is -2.37. The number of halogens is 4. The Morgan fingerprint density at radius 1 is 1.27 bits per heavy atom. The highest BCUT2D eigenvalue weighted by molar-refractivity contribution is 5.89. The predicted octanol–water partition coefficient (Wildman–Crippen LogP) is 2.14. The van der Waals surface area contributed by atoms with Crippen LogP contribution in [0.1, 0.15) is 31.7 Å². The molecule has 2 aliphatic rings. The summed E-state index contributed by atoms with van der Waals surface area (Å²) in [6.45, 7) is 4.87. The van der Waals surface area contributed by atoms with Crippen LogP contribution >= 0.6 is 0 Å². The maximum atomic E-state index is 13.4. The van der Waals surface area contributed by atoms with Crippen molar-refractivity contribution in [3.05, 3.63) is 29.6 Å². The summed E-state index contributed by atoms with van der Waals surface area (Å²) in [5.74, 6) is -0.832. The number of carbonyl (C=O) groups is 1. The lowest BCUT2D eigenvalue weighted by molar-refractivity contribution is -0.139. The predicted molar refractivity (Wildman–Crippen MR) is 105 cm³/mol. The van der Waals surface area contributed by atoms with E-state index in [1.54, 1.807) is 0 Å². The zero-order chi connectivity index (χ0) is 21.7. The minimum absolute atomic E-state index is 0.0175. The van der Waals surface area contributed by atoms with Gasteiger partial charge in [-0.2, -0.15) is 13.2 Å². The molecule has 1 aromatic carbocycles. The third kappa shape index (κ3) is 6.53. The molecule has 0 bridgehead atoms. The van der Waals surface area contributed by atoms with Gasteiger partial charge in [0, 0.05) is 18.3 Å². The maximum absolute atomic E-state index is 13.4. The molecular formula is C19H28F4N6O. The van der Waals surface area contributed by atoms with Crippen molar-refractivity contribution in [2.45, 2.75) is 50.9 Å². The highest BCUT2D eigenvalue weighted by Gasteiger charge is 2.34. The number of hydrogen-bond acceptors (Lipinski definition) is 5. The van der Waals surface area contributed by atoms with Gasteiger partial charge in [-0.25, -0.2) is 9.18 Å². The number of anilines is 1. The van der Waals surface area contributed by atoms with Crippen LogP contribution in [0.5, 0.6) is 0 Å². The largest absolute Gasteiger partial charge is 0.419 e. The van der Waals surface area contributed by atoms with Crippen molar-refractivity contribution in [3.8, 4) is 0 Å². The Morgan fingerprint density at radius 2 is 2.07 bits per heavy atom. The topological polar surface area (TPSA) is 89.2 Å². The van der Waals surface area contributed by atoms with Gasteiger partial charge in [0.25, 0.3) is 0 Å². The van der Waals surface area contributed by atoms with Crippen LogP contribution in [0, 0.1) is 11.7 Å². The molecule has 0 aromatic heterocycles. The van der Waals surface area contributed by atoms with Crippen LogP contribution in [0.4, 0.5) is 28.0 Å². The third-order valence-electron chi connectivity index (χ3n) is 5.27. The first-order valence-electron chi connectivity index (χ1n) is 10.1. The molecule has 2 saturated heterocycles. The fourth-order valence-corrected chi connectivity index (χ4v) is 3.77. The Balaban J connectivity index is 1.51. The summed E-state index contributed by atoms with van der Waals surface area (Å²) in [4.78, 5) is 12.2. The van der Waals surface area contributed by atoms with Gasteiger partial charge in [0.2, 0.25) is 0 Å².